The third-order valence-corrected chi connectivity index (χ3v) is 5.69. The molecule has 0 aliphatic heterocycles. The molecule has 1 amide bonds. The molecule has 9 heteroatoms. The average molecular weight is 484 g/mol. The number of benzene rings is 2. The van der Waals surface area contributed by atoms with Crippen molar-refractivity contribution in [2.75, 3.05) is 37.9 Å². The number of ether oxygens (including phenoxy) is 1. The third-order valence-electron chi connectivity index (χ3n) is 5.40. The number of halogens is 2. The molecular weight excluding hydrogens is 457 g/mol. The van der Waals surface area contributed by atoms with Crippen LogP contribution in [-0.4, -0.2) is 48.0 Å². The molecule has 1 aromatic heterocycles. The molecule has 4 rings (SSSR count). The molecule has 0 spiro atoms. The first-order valence-electron chi connectivity index (χ1n) is 11.1. The number of hydrogen-bond donors (Lipinski definition) is 2. The summed E-state index contributed by atoms with van der Waals surface area (Å²) in [6.45, 7) is 1.22. The summed E-state index contributed by atoms with van der Waals surface area (Å²) in [5, 5.41) is 6.75. The van der Waals surface area contributed by atoms with E-state index in [1.165, 1.54) is 37.4 Å². The zero-order valence-corrected chi connectivity index (χ0v) is 19.9. The molecule has 0 radical (unpaired) electrons. The molecular formula is C25H27ClFN5O2. The first kappa shape index (κ1) is 23.9. The van der Waals surface area contributed by atoms with Gasteiger partial charge in [-0.05, 0) is 50.7 Å². The lowest BCUT2D eigenvalue weighted by Crippen LogP contribution is -2.13. The summed E-state index contributed by atoms with van der Waals surface area (Å²) in [6.07, 6.45) is 8.20. The highest BCUT2D eigenvalue weighted by molar-refractivity contribution is 6.31. The Kier molecular flexibility index (Phi) is 7.59. The lowest BCUT2D eigenvalue weighted by atomic mass is 10.1. The van der Waals surface area contributed by atoms with Crippen molar-refractivity contribution in [3.8, 4) is 5.75 Å². The standard InChI is InChI=1S/C25H27ClFN5O2/c1-32(2)10-3-4-24(33)31-22-13-18-21(14-23(22)34-11-9-16-5-6-16)28-15-29-25(18)30-17-7-8-20(27)19(26)12-17/h3-4,7-8,12-16H,5-6,9-11H2,1-2H3,(H,31,33)(H,28,29,30)/b4-3+. The summed E-state index contributed by atoms with van der Waals surface area (Å²) in [4.78, 5) is 23.2. The number of rotatable bonds is 10. The van der Waals surface area contributed by atoms with Crippen LogP contribution in [0.5, 0.6) is 5.75 Å². The monoisotopic (exact) mass is 483 g/mol. The van der Waals surface area contributed by atoms with Gasteiger partial charge >= 0.3 is 0 Å². The van der Waals surface area contributed by atoms with E-state index in [1.54, 1.807) is 24.3 Å². The van der Waals surface area contributed by atoms with E-state index in [2.05, 4.69) is 20.6 Å². The first-order valence-corrected chi connectivity index (χ1v) is 11.5. The lowest BCUT2D eigenvalue weighted by molar-refractivity contribution is -0.111. The summed E-state index contributed by atoms with van der Waals surface area (Å²) in [6, 6.07) is 7.92. The Bertz CT molecular complexity index is 1210. The van der Waals surface area contributed by atoms with Crippen molar-refractivity contribution in [3.63, 3.8) is 0 Å². The number of nitrogens with zero attached hydrogens (tertiary/aromatic N) is 3. The van der Waals surface area contributed by atoms with Gasteiger partial charge in [-0.3, -0.25) is 4.79 Å². The van der Waals surface area contributed by atoms with Crippen LogP contribution in [-0.2, 0) is 4.79 Å². The molecule has 1 fully saturated rings. The van der Waals surface area contributed by atoms with Gasteiger partial charge in [-0.2, -0.15) is 0 Å². The molecule has 34 heavy (non-hydrogen) atoms. The van der Waals surface area contributed by atoms with Gasteiger partial charge < -0.3 is 20.3 Å². The Morgan fingerprint density at radius 1 is 1.26 bits per heavy atom. The molecule has 0 atom stereocenters. The smallest absolute Gasteiger partial charge is 0.248 e. The molecule has 1 saturated carbocycles. The van der Waals surface area contributed by atoms with Crippen molar-refractivity contribution >= 4 is 45.6 Å². The van der Waals surface area contributed by atoms with E-state index in [0.717, 1.165) is 12.3 Å². The lowest BCUT2D eigenvalue weighted by Gasteiger charge is -2.15. The number of carbonyl (C=O) groups excluding carboxylic acids is 1. The fourth-order valence-corrected chi connectivity index (χ4v) is 3.58. The number of aromatic nitrogens is 2. The quantitative estimate of drug-likeness (QED) is 0.376. The predicted octanol–water partition coefficient (Wildman–Crippen LogP) is 5.40. The van der Waals surface area contributed by atoms with Crippen molar-refractivity contribution in [2.24, 2.45) is 5.92 Å². The zero-order valence-electron chi connectivity index (χ0n) is 19.1. The number of carbonyl (C=O) groups is 1. The second-order valence-electron chi connectivity index (χ2n) is 8.58. The summed E-state index contributed by atoms with van der Waals surface area (Å²) in [7, 11) is 3.86. The normalized spacial score (nSPS) is 13.6. The summed E-state index contributed by atoms with van der Waals surface area (Å²) >= 11 is 5.92. The molecule has 0 saturated heterocycles. The van der Waals surface area contributed by atoms with E-state index in [4.69, 9.17) is 16.3 Å². The van der Waals surface area contributed by atoms with Crippen LogP contribution in [0.25, 0.3) is 10.9 Å². The van der Waals surface area contributed by atoms with E-state index in [-0.39, 0.29) is 10.9 Å². The third kappa shape index (κ3) is 6.42. The van der Waals surface area contributed by atoms with Crippen LogP contribution in [0.2, 0.25) is 5.02 Å². The number of amides is 1. The maximum Gasteiger partial charge on any atom is 0.248 e. The van der Waals surface area contributed by atoms with E-state index < -0.39 is 5.82 Å². The molecule has 3 aromatic rings. The molecule has 0 unspecified atom stereocenters. The van der Waals surface area contributed by atoms with Gasteiger partial charge in [0.25, 0.3) is 0 Å². The number of hydrogen-bond acceptors (Lipinski definition) is 6. The number of likely N-dealkylation sites (N-methyl/N-ethyl adjacent to an activating group) is 1. The maximum atomic E-state index is 13.5. The Labute approximate surface area is 203 Å². The van der Waals surface area contributed by atoms with Crippen molar-refractivity contribution in [1.82, 2.24) is 14.9 Å². The summed E-state index contributed by atoms with van der Waals surface area (Å²) in [5.41, 5.74) is 1.75. The van der Waals surface area contributed by atoms with Gasteiger partial charge in [0.1, 0.15) is 23.7 Å². The van der Waals surface area contributed by atoms with Gasteiger partial charge in [-0.1, -0.05) is 30.5 Å². The van der Waals surface area contributed by atoms with E-state index in [0.29, 0.717) is 47.0 Å². The van der Waals surface area contributed by atoms with Crippen molar-refractivity contribution < 1.29 is 13.9 Å². The van der Waals surface area contributed by atoms with Crippen molar-refractivity contribution in [1.29, 1.82) is 0 Å². The van der Waals surface area contributed by atoms with Crippen LogP contribution in [0, 0.1) is 11.7 Å². The zero-order chi connectivity index (χ0) is 24.1. The van der Waals surface area contributed by atoms with Gasteiger partial charge in [0.05, 0.1) is 22.8 Å². The van der Waals surface area contributed by atoms with Gasteiger partial charge in [0.2, 0.25) is 5.91 Å². The highest BCUT2D eigenvalue weighted by Gasteiger charge is 2.21. The SMILES string of the molecule is CN(C)C/C=C/C(=O)Nc1cc2c(Nc3ccc(F)c(Cl)c3)ncnc2cc1OCCC1CC1. The predicted molar refractivity (Wildman–Crippen MR) is 133 cm³/mol. The van der Waals surface area contributed by atoms with E-state index in [1.807, 2.05) is 19.0 Å². The van der Waals surface area contributed by atoms with Crippen LogP contribution < -0.4 is 15.4 Å². The summed E-state index contributed by atoms with van der Waals surface area (Å²) < 4.78 is 19.6. The van der Waals surface area contributed by atoms with Crippen LogP contribution in [0.3, 0.4) is 0 Å². The van der Waals surface area contributed by atoms with Gasteiger partial charge in [0.15, 0.2) is 0 Å². The second-order valence-corrected chi connectivity index (χ2v) is 8.98. The fourth-order valence-electron chi connectivity index (χ4n) is 3.40. The Balaban J connectivity index is 1.63. The van der Waals surface area contributed by atoms with Crippen molar-refractivity contribution in [2.45, 2.75) is 19.3 Å². The van der Waals surface area contributed by atoms with Crippen LogP contribution in [0.1, 0.15) is 19.3 Å². The summed E-state index contributed by atoms with van der Waals surface area (Å²) in [5.74, 6) is 1.02. The molecule has 1 aliphatic rings. The molecule has 1 aliphatic carbocycles. The first-order chi connectivity index (χ1) is 16.4. The maximum absolute atomic E-state index is 13.5. The molecule has 2 aromatic carbocycles. The van der Waals surface area contributed by atoms with E-state index >= 15 is 0 Å². The largest absolute Gasteiger partial charge is 0.491 e. The Hall–Kier alpha value is -3.23. The number of fused-ring (bicyclic) bond motifs is 1. The molecule has 2 N–H and O–H groups in total. The Morgan fingerprint density at radius 2 is 2.09 bits per heavy atom. The minimum atomic E-state index is -0.500. The average Bonchev–Trinajstić information content (AvgIpc) is 3.61. The topological polar surface area (TPSA) is 79.4 Å². The minimum absolute atomic E-state index is 0.00664. The molecule has 1 heterocycles. The van der Waals surface area contributed by atoms with E-state index in [9.17, 15) is 9.18 Å². The molecule has 0 bridgehead atoms. The highest BCUT2D eigenvalue weighted by Crippen LogP contribution is 2.36. The highest BCUT2D eigenvalue weighted by atomic mass is 35.5. The van der Waals surface area contributed by atoms with Crippen molar-refractivity contribution in [3.05, 3.63) is 59.7 Å². The van der Waals surface area contributed by atoms with Crippen LogP contribution in [0.4, 0.5) is 21.6 Å². The van der Waals surface area contributed by atoms with Gasteiger partial charge in [-0.25, -0.2) is 14.4 Å². The second kappa shape index (κ2) is 10.8. The number of anilines is 3. The van der Waals surface area contributed by atoms with Gasteiger partial charge in [-0.15, -0.1) is 0 Å². The van der Waals surface area contributed by atoms with Crippen LogP contribution in [0.15, 0.2) is 48.8 Å². The minimum Gasteiger partial charge on any atom is -0.491 e. The Morgan fingerprint density at radius 3 is 2.82 bits per heavy atom. The van der Waals surface area contributed by atoms with Crippen LogP contribution >= 0.6 is 11.6 Å². The fraction of sp³-hybridized carbons (Fsp3) is 0.320. The number of nitrogens with one attached hydrogen (secondary N) is 2. The molecule has 178 valence electrons. The molecule has 7 nitrogen and oxygen atoms in total. The van der Waals surface area contributed by atoms with Gasteiger partial charge in [0, 0.05) is 29.8 Å².